The van der Waals surface area contributed by atoms with Crippen LogP contribution in [0.5, 0.6) is 0 Å². The van der Waals surface area contributed by atoms with Gasteiger partial charge in [0.05, 0.1) is 6.54 Å². The number of piperidine rings is 1. The van der Waals surface area contributed by atoms with E-state index in [1.807, 2.05) is 42.5 Å². The predicted molar refractivity (Wildman–Crippen MR) is 186 cm³/mol. The molecule has 2 heterocycles. The van der Waals surface area contributed by atoms with Crippen LogP contribution in [-0.4, -0.2) is 96.7 Å². The number of aliphatic imine (C=N–C) groups is 2. The lowest BCUT2D eigenvalue weighted by atomic mass is 10.00. The number of nitrogens with one attached hydrogen (secondary N) is 4. The fourth-order valence-electron chi connectivity index (χ4n) is 6.06. The quantitative estimate of drug-likeness (QED) is 0.0821. The molecule has 4 rings (SSSR count). The van der Waals surface area contributed by atoms with Crippen LogP contribution in [0.25, 0.3) is 10.8 Å². The summed E-state index contributed by atoms with van der Waals surface area (Å²) in [5, 5.41) is 13.0. The lowest BCUT2D eigenvalue weighted by molar-refractivity contribution is -0.143. The molecule has 0 saturated carbocycles. The fourth-order valence-corrected chi connectivity index (χ4v) is 6.06. The molecule has 16 heteroatoms. The first-order valence-electron chi connectivity index (χ1n) is 16.6. The molecule has 49 heavy (non-hydrogen) atoms. The second kappa shape index (κ2) is 17.7. The highest BCUT2D eigenvalue weighted by molar-refractivity contribution is 5.97. The Kier molecular flexibility index (Phi) is 13.1. The molecule has 5 amide bonds. The Morgan fingerprint density at radius 2 is 1.31 bits per heavy atom. The molecule has 12 N–H and O–H groups in total. The average molecular weight is 678 g/mol. The number of amides is 5. The Balaban J connectivity index is 1.66. The Morgan fingerprint density at radius 1 is 0.714 bits per heavy atom. The number of carbonyl (C=O) groups is 5. The molecule has 2 aliphatic heterocycles. The van der Waals surface area contributed by atoms with Crippen LogP contribution < -0.4 is 44.2 Å². The number of hydrogen-bond acceptors (Lipinski definition) is 7. The van der Waals surface area contributed by atoms with Crippen LogP contribution in [-0.2, 0) is 30.4 Å². The van der Waals surface area contributed by atoms with Crippen molar-refractivity contribution in [2.24, 2.45) is 32.9 Å². The lowest BCUT2D eigenvalue weighted by Crippen LogP contribution is -2.58. The van der Waals surface area contributed by atoms with Gasteiger partial charge in [-0.05, 0) is 61.3 Å². The Morgan fingerprint density at radius 3 is 1.94 bits per heavy atom. The van der Waals surface area contributed by atoms with Crippen molar-refractivity contribution >= 4 is 52.2 Å². The van der Waals surface area contributed by atoms with E-state index in [1.165, 1.54) is 4.90 Å². The van der Waals surface area contributed by atoms with Crippen molar-refractivity contribution in [1.29, 1.82) is 0 Å². The molecule has 0 unspecified atom stereocenters. The summed E-state index contributed by atoms with van der Waals surface area (Å²) >= 11 is 0. The van der Waals surface area contributed by atoms with Crippen LogP contribution in [0.1, 0.15) is 50.5 Å². The van der Waals surface area contributed by atoms with Crippen LogP contribution in [0.3, 0.4) is 0 Å². The molecule has 0 bridgehead atoms. The van der Waals surface area contributed by atoms with Crippen molar-refractivity contribution in [3.63, 3.8) is 0 Å². The van der Waals surface area contributed by atoms with E-state index >= 15 is 0 Å². The van der Waals surface area contributed by atoms with Gasteiger partial charge in [-0.1, -0.05) is 42.5 Å². The van der Waals surface area contributed by atoms with Gasteiger partial charge in [-0.2, -0.15) is 0 Å². The third kappa shape index (κ3) is 10.8. The Labute approximate surface area is 284 Å². The van der Waals surface area contributed by atoms with Crippen molar-refractivity contribution < 1.29 is 24.0 Å². The molecule has 0 aromatic heterocycles. The Bertz CT molecular complexity index is 1570. The monoisotopic (exact) mass is 677 g/mol. The van der Waals surface area contributed by atoms with Crippen LogP contribution in [0.4, 0.5) is 0 Å². The first kappa shape index (κ1) is 36.4. The maximum atomic E-state index is 13.9. The van der Waals surface area contributed by atoms with E-state index < -0.39 is 53.7 Å². The molecule has 2 fully saturated rings. The van der Waals surface area contributed by atoms with Crippen molar-refractivity contribution in [2.75, 3.05) is 26.2 Å². The van der Waals surface area contributed by atoms with Gasteiger partial charge in [-0.25, -0.2) is 0 Å². The van der Waals surface area contributed by atoms with Gasteiger partial charge in [-0.3, -0.25) is 34.0 Å². The van der Waals surface area contributed by atoms with E-state index in [1.54, 1.807) is 0 Å². The topological polar surface area (TPSA) is 266 Å². The van der Waals surface area contributed by atoms with E-state index in [2.05, 4.69) is 31.3 Å². The van der Waals surface area contributed by atoms with E-state index in [0.29, 0.717) is 38.6 Å². The number of carbonyl (C=O) groups excluding carboxylic acids is 5. The maximum absolute atomic E-state index is 13.9. The average Bonchev–Trinajstić information content (AvgIpc) is 3.08. The zero-order valence-electron chi connectivity index (χ0n) is 27.5. The van der Waals surface area contributed by atoms with E-state index in [4.69, 9.17) is 22.9 Å². The van der Waals surface area contributed by atoms with Crippen LogP contribution >= 0.6 is 0 Å². The second-order valence-corrected chi connectivity index (χ2v) is 12.3. The van der Waals surface area contributed by atoms with Crippen molar-refractivity contribution in [3.05, 3.63) is 48.0 Å². The maximum Gasteiger partial charge on any atom is 0.243 e. The van der Waals surface area contributed by atoms with E-state index in [-0.39, 0.29) is 50.8 Å². The number of hydrogen-bond donors (Lipinski definition) is 8. The van der Waals surface area contributed by atoms with Gasteiger partial charge >= 0.3 is 0 Å². The zero-order chi connectivity index (χ0) is 35.3. The van der Waals surface area contributed by atoms with Gasteiger partial charge < -0.3 is 49.1 Å². The lowest BCUT2D eigenvalue weighted by Gasteiger charge is -2.35. The number of fused-ring (bicyclic) bond motifs is 2. The number of benzene rings is 2. The molecule has 0 radical (unpaired) electrons. The van der Waals surface area contributed by atoms with Gasteiger partial charge in [0.1, 0.15) is 24.2 Å². The molecular weight excluding hydrogens is 630 g/mol. The van der Waals surface area contributed by atoms with Crippen LogP contribution in [0.2, 0.25) is 0 Å². The van der Waals surface area contributed by atoms with Crippen molar-refractivity contribution in [2.45, 2.75) is 75.5 Å². The number of rotatable bonds is 10. The SMILES string of the molecule is NC(N)=NCCC[C@@H]1NC(=O)[C@H](CCCN=C(N)N)NC(=O)[C@H]2CCCCN2C(=O)CNC(=O)[C@H](Cc2ccc3ccccc3c2)NC1=O. The van der Waals surface area contributed by atoms with Gasteiger partial charge in [0.15, 0.2) is 11.9 Å². The summed E-state index contributed by atoms with van der Waals surface area (Å²) in [6.45, 7) is 0.362. The Hall–Kier alpha value is -5.41. The molecule has 2 saturated heterocycles. The smallest absolute Gasteiger partial charge is 0.243 e. The largest absolute Gasteiger partial charge is 0.370 e. The number of nitrogens with two attached hydrogens (primary N) is 4. The third-order valence-electron chi connectivity index (χ3n) is 8.58. The molecule has 0 aliphatic carbocycles. The van der Waals surface area contributed by atoms with Gasteiger partial charge in [-0.15, -0.1) is 0 Å². The standard InChI is InChI=1S/C33H47N11O5/c34-32(35)38-14-5-9-23-30(48)43-25(18-20-12-13-21-7-1-2-8-22(21)17-20)28(46)40-19-27(45)44-16-4-3-11-26(44)31(49)42-24(29(47)41-23)10-6-15-39-33(36)37/h1-2,7-8,12-13,17,23-26H,3-6,9-11,14-16,18-19H2,(H,40,46)(H,41,47)(H,42,49)(H,43,48)(H4,34,35,38)(H4,36,37,39)/t23-,24-,25-,26+/m0/s1. The normalized spacial score (nSPS) is 22.4. The molecule has 264 valence electrons. The molecule has 16 nitrogen and oxygen atoms in total. The summed E-state index contributed by atoms with van der Waals surface area (Å²) in [6, 6.07) is 9.42. The van der Waals surface area contributed by atoms with Crippen LogP contribution in [0.15, 0.2) is 52.4 Å². The minimum atomic E-state index is -1.11. The summed E-state index contributed by atoms with van der Waals surface area (Å²) in [4.78, 5) is 77.7. The number of nitrogens with zero attached hydrogens (tertiary/aromatic N) is 3. The predicted octanol–water partition coefficient (Wildman–Crippen LogP) is -1.55. The highest BCUT2D eigenvalue weighted by Gasteiger charge is 2.36. The van der Waals surface area contributed by atoms with Gasteiger partial charge in [0, 0.05) is 26.1 Å². The first-order chi connectivity index (χ1) is 23.5. The highest BCUT2D eigenvalue weighted by atomic mass is 16.2. The summed E-state index contributed by atoms with van der Waals surface area (Å²) < 4.78 is 0. The summed E-state index contributed by atoms with van der Waals surface area (Å²) in [6.07, 6.45) is 2.86. The molecule has 2 aliphatic rings. The van der Waals surface area contributed by atoms with E-state index in [9.17, 15) is 24.0 Å². The fraction of sp³-hybridized carbons (Fsp3) is 0.485. The molecular formula is C33H47N11O5. The number of guanidine groups is 2. The van der Waals surface area contributed by atoms with Gasteiger partial charge in [0.25, 0.3) is 0 Å². The minimum Gasteiger partial charge on any atom is -0.370 e. The summed E-state index contributed by atoms with van der Waals surface area (Å²) in [5.74, 6) is -2.97. The summed E-state index contributed by atoms with van der Waals surface area (Å²) in [5.41, 5.74) is 22.6. The zero-order valence-corrected chi connectivity index (χ0v) is 27.5. The first-order valence-corrected chi connectivity index (χ1v) is 16.6. The summed E-state index contributed by atoms with van der Waals surface area (Å²) in [7, 11) is 0. The van der Waals surface area contributed by atoms with Crippen molar-refractivity contribution in [1.82, 2.24) is 26.2 Å². The van der Waals surface area contributed by atoms with Crippen LogP contribution in [0, 0.1) is 0 Å². The second-order valence-electron chi connectivity index (χ2n) is 12.3. The molecule has 0 spiro atoms. The molecule has 2 aromatic rings. The van der Waals surface area contributed by atoms with Crippen molar-refractivity contribution in [3.8, 4) is 0 Å². The molecule has 2 aromatic carbocycles. The van der Waals surface area contributed by atoms with Gasteiger partial charge in [0.2, 0.25) is 29.5 Å². The van der Waals surface area contributed by atoms with E-state index in [0.717, 1.165) is 16.3 Å². The highest BCUT2D eigenvalue weighted by Crippen LogP contribution is 2.19. The molecule has 4 atom stereocenters. The minimum absolute atomic E-state index is 0.106. The third-order valence-corrected chi connectivity index (χ3v) is 8.58.